The summed E-state index contributed by atoms with van der Waals surface area (Å²) in [7, 11) is 0. The third-order valence-electron chi connectivity index (χ3n) is 4.98. The van der Waals surface area contributed by atoms with Gasteiger partial charge in [-0.05, 0) is 44.2 Å². The maximum Gasteiger partial charge on any atom is 0.331 e. The summed E-state index contributed by atoms with van der Waals surface area (Å²) < 4.78 is 9.08. The van der Waals surface area contributed by atoms with Crippen molar-refractivity contribution in [2.24, 2.45) is 0 Å². The Balaban J connectivity index is 1.49. The maximum absolute atomic E-state index is 12.3. The Labute approximate surface area is 174 Å². The Morgan fingerprint density at radius 1 is 1.17 bits per heavy atom. The van der Waals surface area contributed by atoms with Gasteiger partial charge < -0.3 is 9.14 Å². The van der Waals surface area contributed by atoms with E-state index in [1.807, 2.05) is 83.9 Å². The highest BCUT2D eigenvalue weighted by molar-refractivity contribution is 5.87. The van der Waals surface area contributed by atoms with Crippen molar-refractivity contribution in [3.8, 4) is 11.8 Å². The van der Waals surface area contributed by atoms with Crippen LogP contribution in [0.2, 0.25) is 0 Å². The fraction of sp³-hybridized carbons (Fsp3) is 0.125. The number of para-hydroxylation sites is 1. The highest BCUT2D eigenvalue weighted by Crippen LogP contribution is 2.20. The number of nitriles is 1. The minimum atomic E-state index is -0.472. The maximum atomic E-state index is 12.3. The quantitative estimate of drug-likeness (QED) is 0.371. The second kappa shape index (κ2) is 8.10. The summed E-state index contributed by atoms with van der Waals surface area (Å²) in [6, 6.07) is 17.6. The van der Waals surface area contributed by atoms with Crippen LogP contribution < -0.4 is 0 Å². The summed E-state index contributed by atoms with van der Waals surface area (Å²) in [4.78, 5) is 12.3. The number of benzene rings is 1. The lowest BCUT2D eigenvalue weighted by molar-refractivity contribution is -0.138. The monoisotopic (exact) mass is 396 g/mol. The number of fused-ring (bicyclic) bond motifs is 1. The first-order valence-corrected chi connectivity index (χ1v) is 9.53. The number of ether oxygens (including phenoxy) is 1. The number of carbonyl (C=O) groups is 1. The first-order valence-electron chi connectivity index (χ1n) is 9.53. The van der Waals surface area contributed by atoms with Crippen molar-refractivity contribution in [2.75, 3.05) is 0 Å². The van der Waals surface area contributed by atoms with E-state index in [2.05, 4.69) is 11.2 Å². The summed E-state index contributed by atoms with van der Waals surface area (Å²) in [5.74, 6) is -0.472. The Morgan fingerprint density at radius 3 is 2.70 bits per heavy atom. The van der Waals surface area contributed by atoms with Gasteiger partial charge in [0.2, 0.25) is 0 Å². The number of nitrogens with zero attached hydrogens (tertiary/aromatic N) is 4. The van der Waals surface area contributed by atoms with Crippen molar-refractivity contribution in [3.05, 3.63) is 95.1 Å². The van der Waals surface area contributed by atoms with Crippen LogP contribution in [0.4, 0.5) is 0 Å². The van der Waals surface area contributed by atoms with Gasteiger partial charge in [-0.2, -0.15) is 10.4 Å². The number of hydrogen-bond acceptors (Lipinski definition) is 4. The van der Waals surface area contributed by atoms with Gasteiger partial charge in [0.05, 0.1) is 22.5 Å². The smallest absolute Gasteiger partial charge is 0.331 e. The molecule has 0 bridgehead atoms. The highest BCUT2D eigenvalue weighted by atomic mass is 16.5. The fourth-order valence-corrected chi connectivity index (χ4v) is 3.48. The van der Waals surface area contributed by atoms with Gasteiger partial charge >= 0.3 is 5.97 Å². The summed E-state index contributed by atoms with van der Waals surface area (Å²) in [6.45, 7) is 3.91. The van der Waals surface area contributed by atoms with Gasteiger partial charge in [-0.15, -0.1) is 0 Å². The summed E-state index contributed by atoms with van der Waals surface area (Å²) in [5, 5.41) is 14.0. The van der Waals surface area contributed by atoms with E-state index in [0.717, 1.165) is 28.2 Å². The molecule has 0 aliphatic carbocycles. The Kier molecular flexibility index (Phi) is 5.19. The molecule has 0 saturated heterocycles. The van der Waals surface area contributed by atoms with E-state index in [1.54, 1.807) is 6.08 Å². The number of aryl methyl sites for hydroxylation is 1. The van der Waals surface area contributed by atoms with E-state index in [4.69, 9.17) is 4.74 Å². The number of hydrogen-bond donors (Lipinski definition) is 0. The van der Waals surface area contributed by atoms with E-state index < -0.39 is 5.97 Å². The summed E-state index contributed by atoms with van der Waals surface area (Å²) in [6.07, 6.45) is 6.79. The van der Waals surface area contributed by atoms with Crippen LogP contribution in [0.3, 0.4) is 0 Å². The second-order valence-electron chi connectivity index (χ2n) is 6.91. The van der Waals surface area contributed by atoms with Crippen LogP contribution in [0.1, 0.15) is 28.1 Å². The van der Waals surface area contributed by atoms with Crippen LogP contribution in [0.5, 0.6) is 0 Å². The molecule has 1 aromatic carbocycles. The minimum Gasteiger partial charge on any atom is -0.458 e. The topological polar surface area (TPSA) is 72.3 Å². The van der Waals surface area contributed by atoms with Gasteiger partial charge in [-0.25, -0.2) is 9.48 Å². The molecule has 0 amide bonds. The molecule has 0 spiro atoms. The predicted molar refractivity (Wildman–Crippen MR) is 114 cm³/mol. The van der Waals surface area contributed by atoms with Crippen molar-refractivity contribution in [2.45, 2.75) is 20.5 Å². The highest BCUT2D eigenvalue weighted by Gasteiger charge is 2.13. The SMILES string of the molecule is Cc1nn(-c2ccccc2)c(C)c1/C=C/C(=O)OCc1cn2ccccc2c1C#N. The molecule has 0 fully saturated rings. The molecule has 0 saturated carbocycles. The first-order chi connectivity index (χ1) is 14.6. The number of rotatable bonds is 5. The number of carbonyl (C=O) groups excluding carboxylic acids is 1. The van der Waals surface area contributed by atoms with E-state index in [9.17, 15) is 10.1 Å². The molecule has 3 aromatic heterocycles. The van der Waals surface area contributed by atoms with E-state index in [1.165, 1.54) is 6.08 Å². The average molecular weight is 396 g/mol. The lowest BCUT2D eigenvalue weighted by Gasteiger charge is -2.03. The molecule has 3 heterocycles. The second-order valence-corrected chi connectivity index (χ2v) is 6.91. The van der Waals surface area contributed by atoms with Crippen LogP contribution in [-0.4, -0.2) is 20.2 Å². The van der Waals surface area contributed by atoms with Crippen LogP contribution in [-0.2, 0) is 16.1 Å². The largest absolute Gasteiger partial charge is 0.458 e. The number of pyridine rings is 1. The fourth-order valence-electron chi connectivity index (χ4n) is 3.48. The van der Waals surface area contributed by atoms with Crippen LogP contribution in [0.15, 0.2) is 67.0 Å². The van der Waals surface area contributed by atoms with Gasteiger partial charge in [0.25, 0.3) is 0 Å². The predicted octanol–water partition coefficient (Wildman–Crippen LogP) is 4.37. The van der Waals surface area contributed by atoms with Crippen LogP contribution in [0, 0.1) is 25.2 Å². The van der Waals surface area contributed by atoms with Crippen LogP contribution >= 0.6 is 0 Å². The molecule has 0 atom stereocenters. The first kappa shape index (κ1) is 19.2. The zero-order chi connectivity index (χ0) is 21.1. The standard InChI is InChI=1S/C24H20N4O2/c1-17-21(18(2)28(26-17)20-8-4-3-5-9-20)11-12-24(29)30-16-19-15-27-13-7-6-10-23(27)22(19)14-25/h3-13,15H,16H2,1-2H3/b12-11+. The third-order valence-corrected chi connectivity index (χ3v) is 4.98. The molecule has 0 N–H and O–H groups in total. The molecule has 4 rings (SSSR count). The van der Waals surface area contributed by atoms with Crippen molar-refractivity contribution in [1.29, 1.82) is 5.26 Å². The molecule has 30 heavy (non-hydrogen) atoms. The molecule has 6 nitrogen and oxygen atoms in total. The molecular weight excluding hydrogens is 376 g/mol. The normalized spacial score (nSPS) is 11.1. The third kappa shape index (κ3) is 3.61. The molecule has 148 valence electrons. The molecule has 0 aliphatic rings. The Hall–Kier alpha value is -4.11. The lowest BCUT2D eigenvalue weighted by Crippen LogP contribution is -2.01. The molecule has 4 aromatic rings. The lowest BCUT2D eigenvalue weighted by atomic mass is 10.2. The molecule has 6 heteroatoms. The average Bonchev–Trinajstić information content (AvgIpc) is 3.27. The number of esters is 1. The Bertz CT molecular complexity index is 1290. The van der Waals surface area contributed by atoms with E-state index in [-0.39, 0.29) is 6.61 Å². The van der Waals surface area contributed by atoms with Crippen molar-refractivity contribution < 1.29 is 9.53 Å². The molecule has 0 unspecified atom stereocenters. The van der Waals surface area contributed by atoms with E-state index in [0.29, 0.717) is 11.1 Å². The number of aromatic nitrogens is 3. The van der Waals surface area contributed by atoms with Gasteiger partial charge in [0, 0.05) is 35.3 Å². The minimum absolute atomic E-state index is 0.0367. The van der Waals surface area contributed by atoms with E-state index >= 15 is 0 Å². The van der Waals surface area contributed by atoms with Crippen LogP contribution in [0.25, 0.3) is 17.3 Å². The van der Waals surface area contributed by atoms with Gasteiger partial charge in [0.1, 0.15) is 12.7 Å². The van der Waals surface area contributed by atoms with Gasteiger partial charge in [0.15, 0.2) is 0 Å². The van der Waals surface area contributed by atoms with Crippen molar-refractivity contribution in [3.63, 3.8) is 0 Å². The van der Waals surface area contributed by atoms with Crippen molar-refractivity contribution in [1.82, 2.24) is 14.2 Å². The Morgan fingerprint density at radius 2 is 1.93 bits per heavy atom. The summed E-state index contributed by atoms with van der Waals surface area (Å²) in [5.41, 5.74) is 5.59. The molecule has 0 aliphatic heterocycles. The summed E-state index contributed by atoms with van der Waals surface area (Å²) >= 11 is 0. The van der Waals surface area contributed by atoms with Gasteiger partial charge in [-0.1, -0.05) is 24.3 Å². The zero-order valence-corrected chi connectivity index (χ0v) is 16.7. The molecule has 0 radical (unpaired) electrons. The zero-order valence-electron chi connectivity index (χ0n) is 16.7. The molecular formula is C24H20N4O2. The van der Waals surface area contributed by atoms with Gasteiger partial charge in [-0.3, -0.25) is 0 Å². The van der Waals surface area contributed by atoms with Crippen molar-refractivity contribution >= 4 is 17.6 Å².